The highest BCUT2D eigenvalue weighted by molar-refractivity contribution is 6.31. The fraction of sp³-hybridized carbons (Fsp3) is 0.250. The third-order valence-corrected chi connectivity index (χ3v) is 2.82. The number of aldehydes is 1. The summed E-state index contributed by atoms with van der Waals surface area (Å²) in [5, 5.41) is 7.81. The lowest BCUT2D eigenvalue weighted by molar-refractivity contribution is -0.136. The Balaban J connectivity index is 3.24. The van der Waals surface area contributed by atoms with Crippen molar-refractivity contribution in [3.63, 3.8) is 0 Å². The Hall–Kier alpha value is -1.68. The van der Waals surface area contributed by atoms with Gasteiger partial charge in [0.05, 0.1) is 6.42 Å². The van der Waals surface area contributed by atoms with Crippen LogP contribution in [0.3, 0.4) is 0 Å². The van der Waals surface area contributed by atoms with Crippen molar-refractivity contribution in [3.8, 4) is 0 Å². The molecule has 1 rings (SSSR count). The number of halogens is 1. The van der Waals surface area contributed by atoms with Crippen molar-refractivity contribution in [2.24, 2.45) is 0 Å². The van der Waals surface area contributed by atoms with Crippen LogP contribution in [0, 0.1) is 0 Å². The minimum atomic E-state index is -1.02. The molecule has 0 heterocycles. The number of hydrogen-bond donors (Lipinski definition) is 1. The summed E-state index contributed by atoms with van der Waals surface area (Å²) in [5.41, 5.74) is 1.19. The summed E-state index contributed by atoms with van der Waals surface area (Å²) in [4.78, 5) is 32.5. The molecule has 0 fully saturated rings. The quantitative estimate of drug-likeness (QED) is 0.644. The topological polar surface area (TPSA) is 71.4 Å². The number of carboxylic acid groups (broad SMARTS) is 1. The molecule has 0 amide bonds. The fourth-order valence-corrected chi connectivity index (χ4v) is 1.67. The SMILES string of the molecule is CC(=O)C(Cl)c1cc(C=O)ccc1CC(=O)O. The average molecular weight is 255 g/mol. The average Bonchev–Trinajstić information content (AvgIpc) is 2.27. The number of carboxylic acids is 1. The Kier molecular flexibility index (Phi) is 4.40. The van der Waals surface area contributed by atoms with Crippen molar-refractivity contribution in [2.75, 3.05) is 0 Å². The number of Topliss-reactive ketones (excluding diaryl/α,β-unsaturated/α-hetero) is 1. The van der Waals surface area contributed by atoms with E-state index in [1.54, 1.807) is 0 Å². The largest absolute Gasteiger partial charge is 0.481 e. The summed E-state index contributed by atoms with van der Waals surface area (Å²) in [6.45, 7) is 1.32. The zero-order valence-electron chi connectivity index (χ0n) is 9.14. The van der Waals surface area contributed by atoms with Crippen molar-refractivity contribution >= 4 is 29.6 Å². The van der Waals surface area contributed by atoms with Crippen molar-refractivity contribution in [2.45, 2.75) is 18.7 Å². The highest BCUT2D eigenvalue weighted by Gasteiger charge is 2.18. The van der Waals surface area contributed by atoms with Crippen LogP contribution in [0.25, 0.3) is 0 Å². The number of hydrogen-bond acceptors (Lipinski definition) is 3. The van der Waals surface area contributed by atoms with Crippen molar-refractivity contribution in [3.05, 3.63) is 34.9 Å². The lowest BCUT2D eigenvalue weighted by Crippen LogP contribution is -2.09. The molecule has 4 nitrogen and oxygen atoms in total. The van der Waals surface area contributed by atoms with Crippen molar-refractivity contribution < 1.29 is 19.5 Å². The van der Waals surface area contributed by atoms with E-state index in [1.165, 1.54) is 25.1 Å². The highest BCUT2D eigenvalue weighted by Crippen LogP contribution is 2.26. The number of carbonyl (C=O) groups excluding carboxylic acids is 2. The molecule has 0 radical (unpaired) electrons. The maximum Gasteiger partial charge on any atom is 0.307 e. The van der Waals surface area contributed by atoms with Crippen molar-refractivity contribution in [1.29, 1.82) is 0 Å². The summed E-state index contributed by atoms with van der Waals surface area (Å²) in [7, 11) is 0. The molecular formula is C12H11ClO4. The summed E-state index contributed by atoms with van der Waals surface area (Å²) in [6, 6.07) is 4.45. The molecule has 1 N–H and O–H groups in total. The van der Waals surface area contributed by atoms with E-state index in [4.69, 9.17) is 16.7 Å². The summed E-state index contributed by atoms with van der Waals surface area (Å²) in [5.74, 6) is -1.31. The molecule has 0 aromatic heterocycles. The lowest BCUT2D eigenvalue weighted by atomic mass is 9.97. The van der Waals surface area contributed by atoms with Gasteiger partial charge in [0.2, 0.25) is 0 Å². The standard InChI is InChI=1S/C12H11ClO4/c1-7(15)12(13)10-4-8(6-14)2-3-9(10)5-11(16)17/h2-4,6,12H,5H2,1H3,(H,16,17). The van der Waals surface area contributed by atoms with E-state index in [2.05, 4.69) is 0 Å². The Bertz CT molecular complexity index is 468. The van der Waals surface area contributed by atoms with Crippen molar-refractivity contribution in [1.82, 2.24) is 0 Å². The number of aliphatic carboxylic acids is 1. The van der Waals surface area contributed by atoms with Gasteiger partial charge in [-0.25, -0.2) is 0 Å². The van der Waals surface area contributed by atoms with Crippen LogP contribution >= 0.6 is 11.6 Å². The molecule has 0 aliphatic rings. The third kappa shape index (κ3) is 3.39. The Morgan fingerprint density at radius 1 is 1.47 bits per heavy atom. The Morgan fingerprint density at radius 2 is 2.12 bits per heavy atom. The van der Waals surface area contributed by atoms with Gasteiger partial charge in [-0.2, -0.15) is 0 Å². The van der Waals surface area contributed by atoms with Gasteiger partial charge < -0.3 is 5.11 Å². The summed E-state index contributed by atoms with van der Waals surface area (Å²) < 4.78 is 0. The maximum absolute atomic E-state index is 11.2. The Morgan fingerprint density at radius 3 is 2.59 bits per heavy atom. The molecule has 0 spiro atoms. The van der Waals surface area contributed by atoms with Gasteiger partial charge in [0, 0.05) is 5.56 Å². The minimum Gasteiger partial charge on any atom is -0.481 e. The van der Waals surface area contributed by atoms with Crippen LogP contribution in [0.15, 0.2) is 18.2 Å². The van der Waals surface area contributed by atoms with Crippen LogP contribution < -0.4 is 0 Å². The second-order valence-electron chi connectivity index (χ2n) is 3.62. The first-order valence-electron chi connectivity index (χ1n) is 4.90. The molecule has 17 heavy (non-hydrogen) atoms. The van der Waals surface area contributed by atoms with Gasteiger partial charge in [0.25, 0.3) is 0 Å². The van der Waals surface area contributed by atoms with Gasteiger partial charge in [-0.15, -0.1) is 11.6 Å². The predicted molar refractivity (Wildman–Crippen MR) is 62.4 cm³/mol. The molecule has 0 saturated carbocycles. The van der Waals surface area contributed by atoms with E-state index < -0.39 is 11.3 Å². The number of rotatable bonds is 5. The normalized spacial score (nSPS) is 11.9. The van der Waals surface area contributed by atoms with E-state index in [1.807, 2.05) is 0 Å². The Labute approximate surface area is 103 Å². The molecule has 90 valence electrons. The van der Waals surface area contributed by atoms with Gasteiger partial charge in [-0.3, -0.25) is 14.4 Å². The first-order valence-corrected chi connectivity index (χ1v) is 5.33. The second kappa shape index (κ2) is 5.59. The van der Waals surface area contributed by atoms with Crippen LogP contribution in [0.1, 0.15) is 33.8 Å². The maximum atomic E-state index is 11.2. The van der Waals surface area contributed by atoms with Crippen LogP contribution in [0.4, 0.5) is 0 Å². The van der Waals surface area contributed by atoms with E-state index >= 15 is 0 Å². The first kappa shape index (κ1) is 13.4. The predicted octanol–water partition coefficient (Wildman–Crippen LogP) is 2.00. The van der Waals surface area contributed by atoms with Gasteiger partial charge >= 0.3 is 5.97 Å². The third-order valence-electron chi connectivity index (χ3n) is 2.28. The van der Waals surface area contributed by atoms with E-state index in [0.717, 1.165) is 0 Å². The first-order chi connectivity index (χ1) is 7.95. The number of benzene rings is 1. The van der Waals surface area contributed by atoms with Gasteiger partial charge in [0.15, 0.2) is 5.78 Å². The van der Waals surface area contributed by atoms with Crippen LogP contribution in [-0.2, 0) is 16.0 Å². The van der Waals surface area contributed by atoms with E-state index in [9.17, 15) is 14.4 Å². The number of alkyl halides is 1. The molecule has 0 aliphatic carbocycles. The van der Waals surface area contributed by atoms with Gasteiger partial charge in [-0.1, -0.05) is 12.1 Å². The molecule has 1 aromatic rings. The molecule has 1 atom stereocenters. The smallest absolute Gasteiger partial charge is 0.307 e. The molecular weight excluding hydrogens is 244 g/mol. The number of ketones is 1. The zero-order valence-corrected chi connectivity index (χ0v) is 9.90. The number of carbonyl (C=O) groups is 3. The van der Waals surface area contributed by atoms with Gasteiger partial charge in [-0.05, 0) is 24.1 Å². The minimum absolute atomic E-state index is 0.231. The van der Waals surface area contributed by atoms with E-state index in [-0.39, 0.29) is 12.2 Å². The van der Waals surface area contributed by atoms with Crippen LogP contribution in [0.5, 0.6) is 0 Å². The fourth-order valence-electron chi connectivity index (χ4n) is 1.47. The molecule has 0 aliphatic heterocycles. The molecule has 1 aromatic carbocycles. The second-order valence-corrected chi connectivity index (χ2v) is 4.06. The molecule has 0 saturated heterocycles. The highest BCUT2D eigenvalue weighted by atomic mass is 35.5. The summed E-state index contributed by atoms with van der Waals surface area (Å²) in [6.07, 6.45) is 0.392. The van der Waals surface area contributed by atoms with Crippen LogP contribution in [-0.4, -0.2) is 23.1 Å². The monoisotopic (exact) mass is 254 g/mol. The van der Waals surface area contributed by atoms with E-state index in [0.29, 0.717) is 23.0 Å². The molecule has 0 bridgehead atoms. The van der Waals surface area contributed by atoms with Crippen LogP contribution in [0.2, 0.25) is 0 Å². The zero-order chi connectivity index (χ0) is 13.0. The molecule has 5 heteroatoms. The summed E-state index contributed by atoms with van der Waals surface area (Å²) >= 11 is 5.90. The van der Waals surface area contributed by atoms with Gasteiger partial charge in [0.1, 0.15) is 11.7 Å². The lowest BCUT2D eigenvalue weighted by Gasteiger charge is -2.12. The molecule has 1 unspecified atom stereocenters.